The number of H-pyrrole nitrogens is 1. The van der Waals surface area contributed by atoms with Crippen LogP contribution in [0.3, 0.4) is 0 Å². The molecule has 2 aromatic rings. The number of nitrogens with one attached hydrogen (secondary N) is 1. The van der Waals surface area contributed by atoms with Crippen molar-refractivity contribution in [3.05, 3.63) is 39.5 Å². The largest absolute Gasteiger partial charge is 0.485 e. The van der Waals surface area contributed by atoms with Crippen molar-refractivity contribution in [3.63, 3.8) is 0 Å². The van der Waals surface area contributed by atoms with E-state index >= 15 is 0 Å². The molecule has 1 saturated heterocycles. The lowest BCUT2D eigenvalue weighted by Gasteiger charge is -2.34. The Bertz CT molecular complexity index is 996. The zero-order chi connectivity index (χ0) is 24.0. The van der Waals surface area contributed by atoms with E-state index in [9.17, 15) is 22.8 Å². The number of piperazine rings is 1. The van der Waals surface area contributed by atoms with Crippen molar-refractivity contribution in [2.24, 2.45) is 0 Å². The summed E-state index contributed by atoms with van der Waals surface area (Å²) in [6.45, 7) is 3.70. The van der Waals surface area contributed by atoms with E-state index < -0.39 is 23.4 Å². The summed E-state index contributed by atoms with van der Waals surface area (Å²) >= 11 is 5.84. The van der Waals surface area contributed by atoms with Crippen molar-refractivity contribution in [3.8, 4) is 5.75 Å². The first-order valence-electron chi connectivity index (χ1n) is 10.0. The van der Waals surface area contributed by atoms with Crippen molar-refractivity contribution in [1.29, 1.82) is 0 Å². The highest BCUT2D eigenvalue weighted by Crippen LogP contribution is 2.28. The van der Waals surface area contributed by atoms with Crippen LogP contribution in [0.25, 0.3) is 0 Å². The molecule has 0 saturated carbocycles. The van der Waals surface area contributed by atoms with E-state index in [1.807, 2.05) is 0 Å². The predicted octanol–water partition coefficient (Wildman–Crippen LogP) is 1.75. The SMILES string of the molecule is CC(COCCC(=O)N1CCN(c2ncc(C(F)(F)F)cn2)CC1)Oc1cn[nH]c(=O)c1Cl. The lowest BCUT2D eigenvalue weighted by atomic mass is 10.3. The number of carbonyl (C=O) groups is 1. The van der Waals surface area contributed by atoms with E-state index in [0.29, 0.717) is 26.2 Å². The zero-order valence-electron chi connectivity index (χ0n) is 17.6. The van der Waals surface area contributed by atoms with Gasteiger partial charge in [-0.25, -0.2) is 15.1 Å². The van der Waals surface area contributed by atoms with Crippen LogP contribution >= 0.6 is 11.6 Å². The van der Waals surface area contributed by atoms with Gasteiger partial charge in [0, 0.05) is 38.6 Å². The maximum Gasteiger partial charge on any atom is 0.419 e. The Morgan fingerprint density at radius 1 is 1.21 bits per heavy atom. The second kappa shape index (κ2) is 10.8. The average Bonchev–Trinajstić information content (AvgIpc) is 2.79. The Morgan fingerprint density at radius 3 is 2.52 bits per heavy atom. The number of carbonyl (C=O) groups excluding carboxylic acids is 1. The molecule has 0 aliphatic carbocycles. The Morgan fingerprint density at radius 2 is 1.88 bits per heavy atom. The van der Waals surface area contributed by atoms with Crippen LogP contribution in [0, 0.1) is 0 Å². The maximum atomic E-state index is 12.6. The van der Waals surface area contributed by atoms with Crippen molar-refractivity contribution in [2.45, 2.75) is 25.6 Å². The maximum absolute atomic E-state index is 12.6. The van der Waals surface area contributed by atoms with E-state index in [2.05, 4.69) is 20.2 Å². The van der Waals surface area contributed by atoms with Gasteiger partial charge in [-0.15, -0.1) is 0 Å². The van der Waals surface area contributed by atoms with Crippen molar-refractivity contribution >= 4 is 23.5 Å². The summed E-state index contributed by atoms with van der Waals surface area (Å²) < 4.78 is 48.9. The van der Waals surface area contributed by atoms with Gasteiger partial charge < -0.3 is 19.3 Å². The molecule has 1 aliphatic rings. The van der Waals surface area contributed by atoms with E-state index in [0.717, 1.165) is 12.4 Å². The fourth-order valence-corrected chi connectivity index (χ4v) is 3.19. The highest BCUT2D eigenvalue weighted by molar-refractivity contribution is 6.31. The molecule has 1 atom stereocenters. The van der Waals surface area contributed by atoms with Gasteiger partial charge in [-0.05, 0) is 6.92 Å². The second-order valence-electron chi connectivity index (χ2n) is 7.27. The van der Waals surface area contributed by atoms with E-state index in [1.165, 1.54) is 6.20 Å². The first-order chi connectivity index (χ1) is 15.6. The smallest absolute Gasteiger partial charge is 0.419 e. The number of aromatic nitrogens is 4. The van der Waals surface area contributed by atoms with E-state index in [-0.39, 0.29) is 42.3 Å². The third-order valence-corrected chi connectivity index (χ3v) is 5.14. The highest BCUT2D eigenvalue weighted by atomic mass is 35.5. The van der Waals surface area contributed by atoms with Gasteiger partial charge in [-0.2, -0.15) is 18.3 Å². The quantitative estimate of drug-likeness (QED) is 0.557. The van der Waals surface area contributed by atoms with E-state index in [1.54, 1.807) is 16.7 Å². The number of anilines is 1. The van der Waals surface area contributed by atoms with Crippen LogP contribution in [-0.4, -0.2) is 76.5 Å². The third-order valence-electron chi connectivity index (χ3n) is 4.79. The number of amides is 1. The summed E-state index contributed by atoms with van der Waals surface area (Å²) in [5, 5.41) is 5.70. The van der Waals surface area contributed by atoms with Crippen LogP contribution in [0.2, 0.25) is 5.02 Å². The van der Waals surface area contributed by atoms with Gasteiger partial charge >= 0.3 is 6.18 Å². The normalized spacial score (nSPS) is 15.4. The topological polar surface area (TPSA) is 114 Å². The van der Waals surface area contributed by atoms with Crippen LogP contribution in [0.5, 0.6) is 5.75 Å². The predicted molar refractivity (Wildman–Crippen MR) is 111 cm³/mol. The average molecular weight is 491 g/mol. The molecular weight excluding hydrogens is 469 g/mol. The number of hydrogen-bond donors (Lipinski definition) is 1. The molecule has 180 valence electrons. The molecule has 0 aromatic carbocycles. The molecule has 1 amide bonds. The molecule has 0 bridgehead atoms. The third kappa shape index (κ3) is 6.78. The summed E-state index contributed by atoms with van der Waals surface area (Å²) in [6, 6.07) is 0. The van der Waals surface area contributed by atoms with Gasteiger partial charge in [-0.3, -0.25) is 9.59 Å². The molecule has 14 heteroatoms. The second-order valence-corrected chi connectivity index (χ2v) is 7.65. The molecule has 1 N–H and O–H groups in total. The first-order valence-corrected chi connectivity index (χ1v) is 10.4. The number of halogens is 4. The summed E-state index contributed by atoms with van der Waals surface area (Å²) in [6.07, 6.45) is -1.95. The van der Waals surface area contributed by atoms with Gasteiger partial charge in [0.05, 0.1) is 31.4 Å². The summed E-state index contributed by atoms with van der Waals surface area (Å²) in [7, 11) is 0. The molecule has 0 spiro atoms. The minimum atomic E-state index is -4.49. The molecular formula is C19H22ClF3N6O4. The number of aromatic amines is 1. The highest BCUT2D eigenvalue weighted by Gasteiger charge is 2.32. The van der Waals surface area contributed by atoms with Crippen LogP contribution < -0.4 is 15.2 Å². The van der Waals surface area contributed by atoms with Gasteiger partial charge in [0.15, 0.2) is 10.8 Å². The van der Waals surface area contributed by atoms with Crippen molar-refractivity contribution in [1.82, 2.24) is 25.1 Å². The number of alkyl halides is 3. The van der Waals surface area contributed by atoms with Crippen LogP contribution in [0.1, 0.15) is 18.9 Å². The molecule has 1 aliphatic heterocycles. The minimum Gasteiger partial charge on any atom is -0.485 e. The number of ether oxygens (including phenoxy) is 2. The molecule has 10 nitrogen and oxygen atoms in total. The molecule has 3 rings (SSSR count). The molecule has 33 heavy (non-hydrogen) atoms. The molecule has 3 heterocycles. The molecule has 1 fully saturated rings. The lowest BCUT2D eigenvalue weighted by Crippen LogP contribution is -2.49. The van der Waals surface area contributed by atoms with E-state index in [4.69, 9.17) is 21.1 Å². The Balaban J connectivity index is 1.36. The summed E-state index contributed by atoms with van der Waals surface area (Å²) in [5.41, 5.74) is -1.46. The van der Waals surface area contributed by atoms with Gasteiger partial charge in [-0.1, -0.05) is 11.6 Å². The monoisotopic (exact) mass is 490 g/mol. The summed E-state index contributed by atoms with van der Waals surface area (Å²) in [5.74, 6) is 0.240. The standard InChI is InChI=1S/C19H22ClF3N6O4/c1-12(33-14-10-26-27-17(31)16(14)20)11-32-7-2-15(30)28-3-5-29(6-4-28)18-24-8-13(9-25-18)19(21,22)23/h8-10,12H,2-7,11H2,1H3,(H,27,31). The lowest BCUT2D eigenvalue weighted by molar-refractivity contribution is -0.138. The number of nitrogens with zero attached hydrogens (tertiary/aromatic N) is 5. The van der Waals surface area contributed by atoms with Gasteiger partial charge in [0.1, 0.15) is 6.10 Å². The van der Waals surface area contributed by atoms with Crippen molar-refractivity contribution in [2.75, 3.05) is 44.3 Å². The number of rotatable bonds is 8. The summed E-state index contributed by atoms with van der Waals surface area (Å²) in [4.78, 5) is 34.8. The Hall–Kier alpha value is -2.93. The Labute approximate surface area is 191 Å². The molecule has 0 radical (unpaired) electrons. The van der Waals surface area contributed by atoms with Crippen molar-refractivity contribution < 1.29 is 27.4 Å². The van der Waals surface area contributed by atoms with Gasteiger partial charge in [0.25, 0.3) is 5.56 Å². The van der Waals surface area contributed by atoms with Crippen LogP contribution in [0.15, 0.2) is 23.4 Å². The zero-order valence-corrected chi connectivity index (χ0v) is 18.4. The van der Waals surface area contributed by atoms with Gasteiger partial charge in [0.2, 0.25) is 11.9 Å². The first kappa shape index (κ1) is 24.7. The molecule has 2 aromatic heterocycles. The minimum absolute atomic E-state index is 0.0987. The fourth-order valence-electron chi connectivity index (χ4n) is 3.05. The fraction of sp³-hybridized carbons (Fsp3) is 0.526. The molecule has 1 unspecified atom stereocenters. The van der Waals surface area contributed by atoms with Crippen LogP contribution in [0.4, 0.5) is 19.1 Å². The Kier molecular flexibility index (Phi) is 8.08. The number of hydrogen-bond acceptors (Lipinski definition) is 8. The van der Waals surface area contributed by atoms with Crippen LogP contribution in [-0.2, 0) is 15.7 Å².